The molecule has 0 saturated heterocycles. The number of carbonyl (C=O) groups excluding carboxylic acids is 1. The van der Waals surface area contributed by atoms with E-state index in [1.807, 2.05) is 0 Å². The first kappa shape index (κ1) is 17.1. The summed E-state index contributed by atoms with van der Waals surface area (Å²) in [6.07, 6.45) is 2.69. The molecule has 0 aliphatic rings. The van der Waals surface area contributed by atoms with Gasteiger partial charge < -0.3 is 11.1 Å². The van der Waals surface area contributed by atoms with Gasteiger partial charge in [-0.25, -0.2) is 8.42 Å². The van der Waals surface area contributed by atoms with Crippen molar-refractivity contribution in [3.05, 3.63) is 24.0 Å². The van der Waals surface area contributed by atoms with Crippen LogP contribution in [0.1, 0.15) is 12.5 Å². The Morgan fingerprint density at radius 3 is 2.76 bits per heavy atom. The number of pyridine rings is 1. The van der Waals surface area contributed by atoms with Crippen molar-refractivity contribution in [2.24, 2.45) is 5.73 Å². The minimum Gasteiger partial charge on any atom is -0.358 e. The van der Waals surface area contributed by atoms with Gasteiger partial charge in [-0.3, -0.25) is 9.78 Å². The molecule has 0 bridgehead atoms. The number of hydrogen-bond acceptors (Lipinski definition) is 5. The summed E-state index contributed by atoms with van der Waals surface area (Å²) < 4.78 is 26.0. The highest BCUT2D eigenvalue weighted by Crippen LogP contribution is 2.15. The molecular weight excluding hydrogens is 292 g/mol. The van der Waals surface area contributed by atoms with Crippen LogP contribution >= 0.6 is 0 Å². The number of aromatic nitrogens is 1. The maximum absolute atomic E-state index is 12.5. The highest BCUT2D eigenvalue weighted by molar-refractivity contribution is 7.89. The normalized spacial score (nSPS) is 10.9. The van der Waals surface area contributed by atoms with Crippen LogP contribution in [0.25, 0.3) is 0 Å². The Morgan fingerprint density at radius 2 is 2.19 bits per heavy atom. The third kappa shape index (κ3) is 4.53. The Labute approximate surface area is 124 Å². The quantitative estimate of drug-likeness (QED) is 0.689. The van der Waals surface area contributed by atoms with Crippen LogP contribution in [0, 0.1) is 11.8 Å². The Hall–Kier alpha value is -1.95. The summed E-state index contributed by atoms with van der Waals surface area (Å²) in [6.45, 7) is 1.77. The van der Waals surface area contributed by atoms with Crippen molar-refractivity contribution in [2.75, 3.05) is 26.7 Å². The van der Waals surface area contributed by atoms with E-state index in [4.69, 9.17) is 5.73 Å². The summed E-state index contributed by atoms with van der Waals surface area (Å²) in [7, 11) is -2.34. The van der Waals surface area contributed by atoms with Crippen molar-refractivity contribution in [3.8, 4) is 11.8 Å². The molecule has 0 aromatic carbocycles. The van der Waals surface area contributed by atoms with Crippen molar-refractivity contribution in [2.45, 2.75) is 11.8 Å². The second-order valence-electron chi connectivity index (χ2n) is 4.02. The summed E-state index contributed by atoms with van der Waals surface area (Å²) >= 11 is 0. The number of nitrogens with two attached hydrogens (primary N) is 1. The summed E-state index contributed by atoms with van der Waals surface area (Å²) in [5.74, 6) is 4.98. The first-order valence-corrected chi connectivity index (χ1v) is 7.74. The predicted molar refractivity (Wildman–Crippen MR) is 78.7 cm³/mol. The maximum Gasteiger partial charge on any atom is 0.245 e. The van der Waals surface area contributed by atoms with Gasteiger partial charge in [-0.15, -0.1) is 0 Å². The van der Waals surface area contributed by atoms with Gasteiger partial charge in [0.05, 0.1) is 13.1 Å². The van der Waals surface area contributed by atoms with Gasteiger partial charge in [-0.05, 0) is 6.07 Å². The average molecular weight is 310 g/mol. The third-order valence-electron chi connectivity index (χ3n) is 2.64. The first-order chi connectivity index (χ1) is 9.95. The van der Waals surface area contributed by atoms with Crippen LogP contribution < -0.4 is 11.1 Å². The molecule has 1 amide bonds. The lowest BCUT2D eigenvalue weighted by Gasteiger charge is -2.19. The van der Waals surface area contributed by atoms with Crippen LogP contribution in [0.2, 0.25) is 0 Å². The second-order valence-corrected chi connectivity index (χ2v) is 5.96. The number of carbonyl (C=O) groups is 1. The molecule has 0 atom stereocenters. The minimum absolute atomic E-state index is 0.00271. The molecule has 7 nitrogen and oxygen atoms in total. The lowest BCUT2D eigenvalue weighted by atomic mass is 10.3. The number of sulfonamides is 1. The van der Waals surface area contributed by atoms with Gasteiger partial charge in [-0.1, -0.05) is 18.8 Å². The topological polar surface area (TPSA) is 105 Å². The molecule has 1 aromatic heterocycles. The van der Waals surface area contributed by atoms with Crippen molar-refractivity contribution < 1.29 is 13.2 Å². The van der Waals surface area contributed by atoms with Gasteiger partial charge in [0.25, 0.3) is 0 Å². The largest absolute Gasteiger partial charge is 0.358 e. The van der Waals surface area contributed by atoms with E-state index in [-0.39, 0.29) is 30.4 Å². The fourth-order valence-electron chi connectivity index (χ4n) is 1.54. The predicted octanol–water partition coefficient (Wildman–Crippen LogP) is -0.852. The lowest BCUT2D eigenvalue weighted by Crippen LogP contribution is -2.39. The maximum atomic E-state index is 12.5. The zero-order valence-electron chi connectivity index (χ0n) is 12.0. The third-order valence-corrected chi connectivity index (χ3v) is 4.52. The van der Waals surface area contributed by atoms with E-state index < -0.39 is 10.0 Å². The zero-order valence-corrected chi connectivity index (χ0v) is 12.8. The summed E-state index contributed by atoms with van der Waals surface area (Å²) in [5.41, 5.74) is 5.73. The molecule has 114 valence electrons. The molecule has 0 saturated carbocycles. The smallest absolute Gasteiger partial charge is 0.245 e. The fraction of sp³-hybridized carbons (Fsp3) is 0.385. The van der Waals surface area contributed by atoms with Crippen molar-refractivity contribution in [1.29, 1.82) is 0 Å². The summed E-state index contributed by atoms with van der Waals surface area (Å²) in [6, 6.07) is 1.41. The minimum atomic E-state index is -3.79. The molecule has 0 aliphatic heterocycles. The molecule has 1 heterocycles. The van der Waals surface area contributed by atoms with Crippen LogP contribution in [-0.2, 0) is 14.8 Å². The van der Waals surface area contributed by atoms with Gasteiger partial charge in [0.2, 0.25) is 15.9 Å². The average Bonchev–Trinajstić information content (AvgIpc) is 2.50. The van der Waals surface area contributed by atoms with Gasteiger partial charge in [-0.2, -0.15) is 4.31 Å². The highest BCUT2D eigenvalue weighted by Gasteiger charge is 2.25. The molecule has 3 N–H and O–H groups in total. The Kier molecular flexibility index (Phi) is 6.30. The molecule has 8 heteroatoms. The van der Waals surface area contributed by atoms with E-state index in [0.29, 0.717) is 5.56 Å². The molecule has 0 aliphatic carbocycles. The van der Waals surface area contributed by atoms with Gasteiger partial charge in [0, 0.05) is 31.5 Å². The molecule has 1 aromatic rings. The molecule has 0 spiro atoms. The molecular formula is C13H18N4O3S. The number of nitrogens with zero attached hydrogens (tertiary/aromatic N) is 2. The molecule has 0 unspecified atom stereocenters. The second kappa shape index (κ2) is 7.73. The fourth-order valence-corrected chi connectivity index (χ4v) is 2.93. The van der Waals surface area contributed by atoms with E-state index in [2.05, 4.69) is 22.1 Å². The number of amides is 1. The van der Waals surface area contributed by atoms with Crippen LogP contribution in [-0.4, -0.2) is 50.3 Å². The van der Waals surface area contributed by atoms with Crippen LogP contribution in [0.3, 0.4) is 0 Å². The van der Waals surface area contributed by atoms with Gasteiger partial charge >= 0.3 is 0 Å². The lowest BCUT2D eigenvalue weighted by molar-refractivity contribution is -0.120. The van der Waals surface area contributed by atoms with E-state index in [1.54, 1.807) is 6.92 Å². The molecule has 0 radical (unpaired) electrons. The summed E-state index contributed by atoms with van der Waals surface area (Å²) in [4.78, 5) is 15.3. The van der Waals surface area contributed by atoms with Crippen LogP contribution in [0.5, 0.6) is 0 Å². The van der Waals surface area contributed by atoms with Crippen molar-refractivity contribution >= 4 is 15.9 Å². The first-order valence-electron chi connectivity index (χ1n) is 6.30. The SMILES string of the molecule is CCN(CC(=O)NC)S(=O)(=O)c1cncc(C#CCN)c1. The van der Waals surface area contributed by atoms with Crippen molar-refractivity contribution in [3.63, 3.8) is 0 Å². The Bertz CT molecular complexity index is 661. The summed E-state index contributed by atoms with van der Waals surface area (Å²) in [5, 5.41) is 2.40. The molecule has 0 fully saturated rings. The standard InChI is InChI=1S/C13H18N4O3S/c1-3-17(10-13(18)15-2)21(19,20)12-7-11(5-4-6-14)8-16-9-12/h7-9H,3,6,10,14H2,1-2H3,(H,15,18). The molecule has 21 heavy (non-hydrogen) atoms. The van der Waals surface area contributed by atoms with Crippen LogP contribution in [0.15, 0.2) is 23.4 Å². The highest BCUT2D eigenvalue weighted by atomic mass is 32.2. The Balaban J connectivity index is 3.13. The van der Waals surface area contributed by atoms with Gasteiger partial charge in [0.1, 0.15) is 4.90 Å². The van der Waals surface area contributed by atoms with E-state index in [9.17, 15) is 13.2 Å². The van der Waals surface area contributed by atoms with Crippen LogP contribution in [0.4, 0.5) is 0 Å². The monoisotopic (exact) mass is 310 g/mol. The van der Waals surface area contributed by atoms with Gasteiger partial charge in [0.15, 0.2) is 0 Å². The molecule has 1 rings (SSSR count). The number of hydrogen-bond donors (Lipinski definition) is 2. The number of nitrogens with one attached hydrogen (secondary N) is 1. The Morgan fingerprint density at radius 1 is 1.48 bits per heavy atom. The van der Waals surface area contributed by atoms with E-state index >= 15 is 0 Å². The van der Waals surface area contributed by atoms with Crippen molar-refractivity contribution in [1.82, 2.24) is 14.6 Å². The number of rotatable bonds is 5. The van der Waals surface area contributed by atoms with E-state index in [1.165, 1.54) is 25.5 Å². The zero-order chi connectivity index (χ0) is 15.9. The van der Waals surface area contributed by atoms with E-state index in [0.717, 1.165) is 4.31 Å². The number of likely N-dealkylation sites (N-methyl/N-ethyl adjacent to an activating group) is 2.